The highest BCUT2D eigenvalue weighted by atomic mass is 16.5. The molecule has 7 nitrogen and oxygen atoms in total. The lowest BCUT2D eigenvalue weighted by atomic mass is 10.5. The fraction of sp³-hybridized carbons (Fsp3) is 0.429. The van der Waals surface area contributed by atoms with Crippen molar-refractivity contribution in [3.8, 4) is 11.6 Å². The molecule has 2 aromatic rings. The van der Waals surface area contributed by atoms with Gasteiger partial charge in [-0.05, 0) is 6.54 Å². The van der Waals surface area contributed by atoms with Crippen LogP contribution in [0.25, 0.3) is 11.6 Å². The Morgan fingerprint density at radius 3 is 3.21 bits per heavy atom. The Morgan fingerprint density at radius 1 is 1.57 bits per heavy atom. The first-order chi connectivity index (χ1) is 6.90. The standard InChI is InChI=1S/C7H10N6O/c1-2-8-4-6-10-7(14-12-6)5-3-9-13-11-5/h3,8H,2,4H2,1H3,(H,9,11,13). The van der Waals surface area contributed by atoms with Crippen LogP contribution in [0.4, 0.5) is 0 Å². The van der Waals surface area contributed by atoms with Crippen LogP contribution in [0.1, 0.15) is 12.7 Å². The van der Waals surface area contributed by atoms with Crippen molar-refractivity contribution in [3.05, 3.63) is 12.0 Å². The maximum absolute atomic E-state index is 4.98. The number of nitrogens with one attached hydrogen (secondary N) is 2. The van der Waals surface area contributed by atoms with E-state index < -0.39 is 0 Å². The van der Waals surface area contributed by atoms with E-state index in [2.05, 4.69) is 30.9 Å². The van der Waals surface area contributed by atoms with Crippen molar-refractivity contribution >= 4 is 0 Å². The Bertz CT molecular complexity index is 381. The predicted octanol–water partition coefficient (Wildman–Crippen LogP) is -0.0358. The summed E-state index contributed by atoms with van der Waals surface area (Å²) in [5.41, 5.74) is 0.556. The first kappa shape index (κ1) is 8.82. The Balaban J connectivity index is 2.10. The zero-order chi connectivity index (χ0) is 9.80. The average Bonchev–Trinajstić information content (AvgIpc) is 2.85. The first-order valence-electron chi connectivity index (χ1n) is 4.29. The zero-order valence-corrected chi connectivity index (χ0v) is 7.69. The summed E-state index contributed by atoms with van der Waals surface area (Å²) in [6.45, 7) is 3.48. The first-order valence-corrected chi connectivity index (χ1v) is 4.29. The minimum absolute atomic E-state index is 0.381. The smallest absolute Gasteiger partial charge is 0.280 e. The molecule has 2 heterocycles. The fourth-order valence-electron chi connectivity index (χ4n) is 0.971. The summed E-state index contributed by atoms with van der Waals surface area (Å²) in [5, 5.41) is 16.8. The SMILES string of the molecule is CCNCc1noc(-c2cn[nH]n2)n1. The molecule has 0 aliphatic heterocycles. The van der Waals surface area contributed by atoms with Crippen molar-refractivity contribution in [2.75, 3.05) is 6.54 Å². The van der Waals surface area contributed by atoms with Gasteiger partial charge in [-0.3, -0.25) is 0 Å². The van der Waals surface area contributed by atoms with Crippen LogP contribution in [0.15, 0.2) is 10.7 Å². The van der Waals surface area contributed by atoms with Crippen LogP contribution in [0.5, 0.6) is 0 Å². The molecule has 0 aliphatic rings. The van der Waals surface area contributed by atoms with Crippen molar-refractivity contribution in [3.63, 3.8) is 0 Å². The molecule has 0 radical (unpaired) electrons. The third-order valence-electron chi connectivity index (χ3n) is 1.64. The minimum Gasteiger partial charge on any atom is -0.332 e. The molecule has 0 saturated carbocycles. The topological polar surface area (TPSA) is 92.5 Å². The van der Waals surface area contributed by atoms with E-state index in [1.54, 1.807) is 0 Å². The van der Waals surface area contributed by atoms with E-state index in [9.17, 15) is 0 Å². The molecule has 0 spiro atoms. The van der Waals surface area contributed by atoms with Crippen molar-refractivity contribution < 1.29 is 4.52 Å². The highest BCUT2D eigenvalue weighted by Gasteiger charge is 2.09. The third-order valence-corrected chi connectivity index (χ3v) is 1.64. The molecule has 0 unspecified atom stereocenters. The van der Waals surface area contributed by atoms with Crippen molar-refractivity contribution in [2.24, 2.45) is 0 Å². The zero-order valence-electron chi connectivity index (χ0n) is 7.69. The molecule has 2 N–H and O–H groups in total. The van der Waals surface area contributed by atoms with E-state index in [0.29, 0.717) is 24.0 Å². The van der Waals surface area contributed by atoms with Gasteiger partial charge in [0.15, 0.2) is 11.5 Å². The summed E-state index contributed by atoms with van der Waals surface area (Å²) in [5.74, 6) is 0.997. The van der Waals surface area contributed by atoms with E-state index >= 15 is 0 Å². The molecule has 0 saturated heterocycles. The van der Waals surface area contributed by atoms with E-state index in [-0.39, 0.29) is 0 Å². The molecule has 2 rings (SSSR count). The number of aromatic nitrogens is 5. The lowest BCUT2D eigenvalue weighted by Crippen LogP contribution is -2.12. The molecule has 0 aromatic carbocycles. The lowest BCUT2D eigenvalue weighted by Gasteiger charge is -1.91. The van der Waals surface area contributed by atoms with Crippen molar-refractivity contribution in [2.45, 2.75) is 13.5 Å². The average molecular weight is 194 g/mol. The van der Waals surface area contributed by atoms with Crippen LogP contribution in [0, 0.1) is 0 Å². The molecule has 74 valence electrons. The van der Waals surface area contributed by atoms with Crippen LogP contribution < -0.4 is 5.32 Å². The van der Waals surface area contributed by atoms with Crippen LogP contribution in [-0.4, -0.2) is 32.1 Å². The Kier molecular flexibility index (Phi) is 2.50. The van der Waals surface area contributed by atoms with Gasteiger partial charge in [0.05, 0.1) is 12.7 Å². The number of hydrogen-bond donors (Lipinski definition) is 2. The van der Waals surface area contributed by atoms with Crippen LogP contribution in [0.2, 0.25) is 0 Å². The molecular formula is C7H10N6O. The van der Waals surface area contributed by atoms with Gasteiger partial charge in [-0.25, -0.2) is 0 Å². The molecule has 2 aromatic heterocycles. The largest absolute Gasteiger partial charge is 0.332 e. The lowest BCUT2D eigenvalue weighted by molar-refractivity contribution is 0.418. The van der Waals surface area contributed by atoms with Gasteiger partial charge in [0.2, 0.25) is 0 Å². The van der Waals surface area contributed by atoms with Gasteiger partial charge in [-0.2, -0.15) is 20.4 Å². The highest BCUT2D eigenvalue weighted by Crippen LogP contribution is 2.11. The quantitative estimate of drug-likeness (QED) is 0.709. The summed E-state index contributed by atoms with van der Waals surface area (Å²) >= 11 is 0. The van der Waals surface area contributed by atoms with E-state index in [4.69, 9.17) is 4.52 Å². The summed E-state index contributed by atoms with van der Waals surface area (Å²) < 4.78 is 4.98. The van der Waals surface area contributed by atoms with Gasteiger partial charge < -0.3 is 9.84 Å². The van der Waals surface area contributed by atoms with Gasteiger partial charge in [-0.15, -0.1) is 0 Å². The third kappa shape index (κ3) is 1.77. The second-order valence-electron chi connectivity index (χ2n) is 2.65. The molecular weight excluding hydrogens is 184 g/mol. The maximum atomic E-state index is 4.98. The second-order valence-corrected chi connectivity index (χ2v) is 2.65. The number of H-pyrrole nitrogens is 1. The summed E-state index contributed by atoms with van der Waals surface area (Å²) in [7, 11) is 0. The van der Waals surface area contributed by atoms with Gasteiger partial charge in [0, 0.05) is 0 Å². The monoisotopic (exact) mass is 194 g/mol. The molecule has 0 bridgehead atoms. The van der Waals surface area contributed by atoms with Gasteiger partial charge in [0.25, 0.3) is 5.89 Å². The number of aromatic amines is 1. The molecule has 7 heteroatoms. The van der Waals surface area contributed by atoms with E-state index in [0.717, 1.165) is 6.54 Å². The van der Waals surface area contributed by atoms with Crippen LogP contribution >= 0.6 is 0 Å². The molecule has 0 fully saturated rings. The molecule has 0 amide bonds. The van der Waals surface area contributed by atoms with Crippen molar-refractivity contribution in [1.29, 1.82) is 0 Å². The number of hydrogen-bond acceptors (Lipinski definition) is 6. The minimum atomic E-state index is 0.381. The summed E-state index contributed by atoms with van der Waals surface area (Å²) in [6, 6.07) is 0. The Labute approximate surface area is 79.9 Å². The van der Waals surface area contributed by atoms with Crippen molar-refractivity contribution in [1.82, 2.24) is 30.9 Å². The molecule has 0 atom stereocenters. The Morgan fingerprint density at radius 2 is 2.50 bits per heavy atom. The van der Waals surface area contributed by atoms with E-state index in [1.807, 2.05) is 6.92 Å². The molecule has 0 aliphatic carbocycles. The molecule has 14 heavy (non-hydrogen) atoms. The summed E-state index contributed by atoms with van der Waals surface area (Å²) in [4.78, 5) is 4.13. The van der Waals surface area contributed by atoms with Crippen LogP contribution in [0.3, 0.4) is 0 Å². The predicted molar refractivity (Wildman–Crippen MR) is 47.1 cm³/mol. The normalized spacial score (nSPS) is 10.6. The number of rotatable bonds is 4. The van der Waals surface area contributed by atoms with Gasteiger partial charge >= 0.3 is 0 Å². The fourth-order valence-corrected chi connectivity index (χ4v) is 0.971. The van der Waals surface area contributed by atoms with E-state index in [1.165, 1.54) is 6.20 Å². The van der Waals surface area contributed by atoms with Gasteiger partial charge in [-0.1, -0.05) is 12.1 Å². The summed E-state index contributed by atoms with van der Waals surface area (Å²) in [6.07, 6.45) is 1.53. The highest BCUT2D eigenvalue weighted by molar-refractivity contribution is 5.42. The second kappa shape index (κ2) is 3.97. The Hall–Kier alpha value is -1.76. The van der Waals surface area contributed by atoms with Gasteiger partial charge in [0.1, 0.15) is 0 Å². The maximum Gasteiger partial charge on any atom is 0.280 e. The number of nitrogens with zero attached hydrogens (tertiary/aromatic N) is 4. The van der Waals surface area contributed by atoms with Crippen LogP contribution in [-0.2, 0) is 6.54 Å².